The van der Waals surface area contributed by atoms with Crippen molar-refractivity contribution in [2.24, 2.45) is 0 Å². The van der Waals surface area contributed by atoms with E-state index in [0.717, 1.165) is 44.6 Å². The van der Waals surface area contributed by atoms with Crippen LogP contribution in [0.4, 0.5) is 0 Å². The normalized spacial score (nSPS) is 25.3. The number of carbonyl (C=O) groups excluding carboxylic acids is 1. The van der Waals surface area contributed by atoms with Crippen molar-refractivity contribution >= 4 is 5.91 Å². The third kappa shape index (κ3) is 5.06. The van der Waals surface area contributed by atoms with Gasteiger partial charge in [-0.05, 0) is 43.4 Å². The first-order valence-electron chi connectivity index (χ1n) is 10.9. The quantitative estimate of drug-likeness (QED) is 0.771. The molecule has 0 spiro atoms. The van der Waals surface area contributed by atoms with E-state index in [4.69, 9.17) is 4.74 Å². The van der Waals surface area contributed by atoms with Crippen molar-refractivity contribution < 1.29 is 9.53 Å². The van der Waals surface area contributed by atoms with Crippen molar-refractivity contribution in [3.63, 3.8) is 0 Å². The number of benzene rings is 2. The van der Waals surface area contributed by atoms with Gasteiger partial charge in [-0.3, -0.25) is 9.69 Å². The van der Waals surface area contributed by atoms with Crippen molar-refractivity contribution in [2.75, 3.05) is 26.2 Å². The Morgan fingerprint density at radius 2 is 1.62 bits per heavy atom. The number of carbonyl (C=O) groups is 1. The molecule has 0 radical (unpaired) electrons. The highest BCUT2D eigenvalue weighted by Gasteiger charge is 2.32. The molecule has 0 bridgehead atoms. The molecule has 4 rings (SSSR count). The lowest BCUT2D eigenvalue weighted by molar-refractivity contribution is -0.132. The maximum Gasteiger partial charge on any atom is 0.227 e. The molecule has 0 saturated carbocycles. The molecular formula is C25H32N2O2. The van der Waals surface area contributed by atoms with Gasteiger partial charge in [0.15, 0.2) is 0 Å². The van der Waals surface area contributed by atoms with E-state index in [1.165, 1.54) is 11.1 Å². The highest BCUT2D eigenvalue weighted by atomic mass is 16.5. The predicted octanol–water partition coefficient (Wildman–Crippen LogP) is 4.00. The summed E-state index contributed by atoms with van der Waals surface area (Å²) in [5.74, 6) is 0.259. The Morgan fingerprint density at radius 3 is 2.31 bits per heavy atom. The molecule has 2 heterocycles. The number of ether oxygens (including phenoxy) is 1. The van der Waals surface area contributed by atoms with Gasteiger partial charge in [-0.15, -0.1) is 0 Å². The largest absolute Gasteiger partial charge is 0.373 e. The second-order valence-corrected chi connectivity index (χ2v) is 8.60. The maximum atomic E-state index is 13.0. The van der Waals surface area contributed by atoms with E-state index < -0.39 is 0 Å². The second kappa shape index (κ2) is 9.10. The fourth-order valence-electron chi connectivity index (χ4n) is 4.81. The summed E-state index contributed by atoms with van der Waals surface area (Å²) in [5, 5.41) is 0. The zero-order valence-corrected chi connectivity index (χ0v) is 17.6. The van der Waals surface area contributed by atoms with Crippen LogP contribution in [-0.2, 0) is 16.0 Å². The molecule has 2 aromatic carbocycles. The van der Waals surface area contributed by atoms with Crippen molar-refractivity contribution in [1.82, 2.24) is 9.80 Å². The molecule has 2 fully saturated rings. The minimum Gasteiger partial charge on any atom is -0.373 e. The summed E-state index contributed by atoms with van der Waals surface area (Å²) in [6.07, 6.45) is 3.25. The van der Waals surface area contributed by atoms with Crippen LogP contribution in [0.2, 0.25) is 0 Å². The Kier molecular flexibility index (Phi) is 6.31. The van der Waals surface area contributed by atoms with Crippen molar-refractivity contribution in [2.45, 2.75) is 51.4 Å². The molecule has 2 aromatic rings. The standard InChI is InChI=1S/C25H32N2O2/c1-19-16-26(17-20(2)29-19)18-24-9-6-14-27(24)25(28)15-21-10-12-23(13-11-21)22-7-4-3-5-8-22/h3-5,7-8,10-13,19-20,24H,6,9,14-18H2,1-2H3/t19-,20-,24+/m1/s1. The van der Waals surface area contributed by atoms with Gasteiger partial charge in [0.25, 0.3) is 0 Å². The summed E-state index contributed by atoms with van der Waals surface area (Å²) >= 11 is 0. The summed E-state index contributed by atoms with van der Waals surface area (Å²) in [6, 6.07) is 19.1. The van der Waals surface area contributed by atoms with Gasteiger partial charge in [-0.2, -0.15) is 0 Å². The molecule has 4 heteroatoms. The van der Waals surface area contributed by atoms with Crippen molar-refractivity contribution in [1.29, 1.82) is 0 Å². The number of amides is 1. The summed E-state index contributed by atoms with van der Waals surface area (Å²) in [5.41, 5.74) is 3.49. The van der Waals surface area contributed by atoms with Gasteiger partial charge in [0.05, 0.1) is 18.6 Å². The van der Waals surface area contributed by atoms with Crippen molar-refractivity contribution in [3.05, 3.63) is 60.2 Å². The van der Waals surface area contributed by atoms with Crippen LogP contribution in [-0.4, -0.2) is 60.1 Å². The Balaban J connectivity index is 1.36. The minimum absolute atomic E-state index is 0.259. The Morgan fingerprint density at radius 1 is 0.966 bits per heavy atom. The fourth-order valence-corrected chi connectivity index (χ4v) is 4.81. The molecule has 0 aliphatic carbocycles. The van der Waals surface area contributed by atoms with Gasteiger partial charge in [-0.25, -0.2) is 0 Å². The fraction of sp³-hybridized carbons (Fsp3) is 0.480. The molecular weight excluding hydrogens is 360 g/mol. The van der Waals surface area contributed by atoms with Crippen LogP contribution in [0.3, 0.4) is 0 Å². The van der Waals surface area contributed by atoms with Crippen LogP contribution < -0.4 is 0 Å². The Labute approximate surface area is 174 Å². The van der Waals surface area contributed by atoms with Crippen LogP contribution in [0.25, 0.3) is 11.1 Å². The molecule has 29 heavy (non-hydrogen) atoms. The van der Waals surface area contributed by atoms with E-state index in [0.29, 0.717) is 12.5 Å². The third-order valence-electron chi connectivity index (χ3n) is 6.08. The van der Waals surface area contributed by atoms with Gasteiger partial charge >= 0.3 is 0 Å². The van der Waals surface area contributed by atoms with Gasteiger partial charge in [0.2, 0.25) is 5.91 Å². The first kappa shape index (κ1) is 20.1. The molecule has 4 nitrogen and oxygen atoms in total. The van der Waals surface area contributed by atoms with Crippen LogP contribution in [0.5, 0.6) is 0 Å². The molecule has 2 saturated heterocycles. The second-order valence-electron chi connectivity index (χ2n) is 8.60. The maximum absolute atomic E-state index is 13.0. The highest BCUT2D eigenvalue weighted by Crippen LogP contribution is 2.23. The smallest absolute Gasteiger partial charge is 0.227 e. The SMILES string of the molecule is C[C@@H]1CN(C[C@@H]2CCCN2C(=O)Cc2ccc(-c3ccccc3)cc2)C[C@@H](C)O1. The molecule has 2 aliphatic heterocycles. The average molecular weight is 393 g/mol. The van der Waals surface area contributed by atoms with Gasteiger partial charge in [0.1, 0.15) is 0 Å². The Hall–Kier alpha value is -2.17. The van der Waals surface area contributed by atoms with Gasteiger partial charge < -0.3 is 9.64 Å². The number of hydrogen-bond acceptors (Lipinski definition) is 3. The lowest BCUT2D eigenvalue weighted by Crippen LogP contribution is -2.51. The molecule has 1 amide bonds. The number of nitrogens with zero attached hydrogens (tertiary/aromatic N) is 2. The highest BCUT2D eigenvalue weighted by molar-refractivity contribution is 5.79. The topological polar surface area (TPSA) is 32.8 Å². The van der Waals surface area contributed by atoms with Crippen LogP contribution in [0.15, 0.2) is 54.6 Å². The summed E-state index contributed by atoms with van der Waals surface area (Å²) < 4.78 is 5.85. The van der Waals surface area contributed by atoms with Gasteiger partial charge in [-0.1, -0.05) is 54.6 Å². The average Bonchev–Trinajstić information content (AvgIpc) is 3.17. The van der Waals surface area contributed by atoms with Gasteiger partial charge in [0, 0.05) is 32.2 Å². The van der Waals surface area contributed by atoms with E-state index >= 15 is 0 Å². The van der Waals surface area contributed by atoms with E-state index in [1.54, 1.807) is 0 Å². The molecule has 0 aromatic heterocycles. The van der Waals surface area contributed by atoms with Crippen molar-refractivity contribution in [3.8, 4) is 11.1 Å². The number of likely N-dealkylation sites (tertiary alicyclic amines) is 1. The van der Waals surface area contributed by atoms with E-state index in [1.807, 2.05) is 6.07 Å². The van der Waals surface area contributed by atoms with Crippen LogP contribution in [0.1, 0.15) is 32.3 Å². The first-order valence-corrected chi connectivity index (χ1v) is 10.9. The summed E-state index contributed by atoms with van der Waals surface area (Å²) in [6.45, 7) is 8.06. The van der Waals surface area contributed by atoms with E-state index in [9.17, 15) is 4.79 Å². The van der Waals surface area contributed by atoms with E-state index in [-0.39, 0.29) is 18.1 Å². The lowest BCUT2D eigenvalue weighted by atomic mass is 10.0. The zero-order chi connectivity index (χ0) is 20.2. The Bertz CT molecular complexity index is 795. The monoisotopic (exact) mass is 392 g/mol. The lowest BCUT2D eigenvalue weighted by Gasteiger charge is -2.38. The molecule has 0 unspecified atom stereocenters. The minimum atomic E-state index is 0.259. The molecule has 154 valence electrons. The number of hydrogen-bond donors (Lipinski definition) is 0. The predicted molar refractivity (Wildman–Crippen MR) is 117 cm³/mol. The number of morpholine rings is 1. The van der Waals surface area contributed by atoms with E-state index in [2.05, 4.69) is 72.2 Å². The van der Waals surface area contributed by atoms with Crippen LogP contribution >= 0.6 is 0 Å². The summed E-state index contributed by atoms with van der Waals surface area (Å²) in [7, 11) is 0. The van der Waals surface area contributed by atoms with Crippen LogP contribution in [0, 0.1) is 0 Å². The third-order valence-corrected chi connectivity index (χ3v) is 6.08. The first-order chi connectivity index (χ1) is 14.1. The zero-order valence-electron chi connectivity index (χ0n) is 17.6. The number of rotatable bonds is 5. The summed E-state index contributed by atoms with van der Waals surface area (Å²) in [4.78, 5) is 17.6. The molecule has 0 N–H and O–H groups in total. The molecule has 3 atom stereocenters. The molecule has 2 aliphatic rings.